The average molecular weight is 657 g/mol. The Morgan fingerprint density at radius 1 is 1.07 bits per heavy atom. The Labute approximate surface area is 277 Å². The zero-order valence-electron chi connectivity index (χ0n) is 28.2. The van der Waals surface area contributed by atoms with Crippen molar-refractivity contribution < 1.29 is 23.2 Å². The smallest absolute Gasteiger partial charge is 0.256 e. The summed E-state index contributed by atoms with van der Waals surface area (Å²) in [6.45, 7) is 12.4. The van der Waals surface area contributed by atoms with E-state index >= 15 is 0 Å². The monoisotopic (exact) mass is 656 g/mol. The zero-order chi connectivity index (χ0) is 34.7. The molecule has 0 saturated carbocycles. The highest BCUT2D eigenvalue weighted by Crippen LogP contribution is 2.44. The van der Waals surface area contributed by atoms with Crippen molar-refractivity contribution in [3.63, 3.8) is 0 Å². The Morgan fingerprint density at radius 2 is 1.72 bits per heavy atom. The van der Waals surface area contributed by atoms with Crippen LogP contribution in [0.15, 0.2) is 53.9 Å². The summed E-state index contributed by atoms with van der Waals surface area (Å²) < 4.78 is 27.6. The molecule has 1 heterocycles. The molecule has 1 aromatic heterocycles. The Hall–Kier alpha value is -3.76. The van der Waals surface area contributed by atoms with Gasteiger partial charge in [0.25, 0.3) is 5.91 Å². The number of hydrazine groups is 1. The van der Waals surface area contributed by atoms with E-state index in [1.807, 2.05) is 46.1 Å². The lowest BCUT2D eigenvalue weighted by Crippen LogP contribution is -2.53. The minimum Gasteiger partial charge on any atom is -0.350 e. The molecule has 0 spiro atoms. The quantitative estimate of drug-likeness (QED) is 0.0995. The van der Waals surface area contributed by atoms with Crippen molar-refractivity contribution in [1.82, 2.24) is 15.8 Å². The van der Waals surface area contributed by atoms with Crippen LogP contribution in [0, 0.1) is 25.2 Å². The molecule has 0 bridgehead atoms. The first-order chi connectivity index (χ1) is 22.0. The molecule has 10 heteroatoms. The molecule has 46 heavy (non-hydrogen) atoms. The number of hydrogen-bond donors (Lipinski definition) is 3. The fourth-order valence-electron chi connectivity index (χ4n) is 4.58. The van der Waals surface area contributed by atoms with Crippen LogP contribution in [0.1, 0.15) is 80.5 Å². The maximum absolute atomic E-state index is 14.5. The van der Waals surface area contributed by atoms with Crippen LogP contribution in [0.2, 0.25) is 0 Å². The maximum Gasteiger partial charge on any atom is 0.256 e. The highest BCUT2D eigenvalue weighted by atomic mass is 32.1. The minimum atomic E-state index is -2.32. The minimum absolute atomic E-state index is 0.140. The molecule has 0 aliphatic heterocycles. The molecule has 2 amide bonds. The number of halogens is 2. The molecule has 252 valence electrons. The van der Waals surface area contributed by atoms with E-state index in [1.54, 1.807) is 0 Å². The van der Waals surface area contributed by atoms with Crippen LogP contribution in [0.3, 0.4) is 0 Å². The third kappa shape index (κ3) is 12.9. The molecule has 1 unspecified atom stereocenters. The summed E-state index contributed by atoms with van der Waals surface area (Å²) in [6.07, 6.45) is 1.81. The number of rotatable bonds is 13. The van der Waals surface area contributed by atoms with E-state index in [4.69, 9.17) is 5.41 Å². The van der Waals surface area contributed by atoms with E-state index in [2.05, 4.69) is 67.1 Å². The molecule has 2 atom stereocenters. The van der Waals surface area contributed by atoms with E-state index in [9.17, 15) is 23.2 Å². The van der Waals surface area contributed by atoms with Gasteiger partial charge in [0.1, 0.15) is 13.0 Å². The molecule has 4 rings (SSSR count). The number of aldehydes is 1. The second-order valence-electron chi connectivity index (χ2n) is 11.2. The van der Waals surface area contributed by atoms with Gasteiger partial charge in [0.15, 0.2) is 5.67 Å². The van der Waals surface area contributed by atoms with Crippen molar-refractivity contribution in [3.05, 3.63) is 81.0 Å². The van der Waals surface area contributed by atoms with Gasteiger partial charge in [-0.25, -0.2) is 14.2 Å². The largest absolute Gasteiger partial charge is 0.350 e. The molecule has 0 fully saturated rings. The average Bonchev–Trinajstić information content (AvgIpc) is 3.62. The van der Waals surface area contributed by atoms with Gasteiger partial charge in [0.2, 0.25) is 6.41 Å². The number of hydrogen-bond acceptors (Lipinski definition) is 6. The van der Waals surface area contributed by atoms with Gasteiger partial charge in [-0.3, -0.25) is 14.6 Å². The summed E-state index contributed by atoms with van der Waals surface area (Å²) in [5.41, 5.74) is 8.65. The van der Waals surface area contributed by atoms with Crippen LogP contribution in [-0.4, -0.2) is 55.3 Å². The first-order valence-electron chi connectivity index (χ1n) is 15.6. The molecule has 1 aliphatic rings. The third-order valence-corrected chi connectivity index (χ3v) is 8.04. The van der Waals surface area contributed by atoms with Crippen molar-refractivity contribution >= 4 is 36.2 Å². The highest BCUT2D eigenvalue weighted by molar-refractivity contribution is 7.10. The highest BCUT2D eigenvalue weighted by Gasteiger charge is 2.34. The molecule has 7 nitrogen and oxygen atoms in total. The maximum atomic E-state index is 14.5. The number of thiophene rings is 1. The summed E-state index contributed by atoms with van der Waals surface area (Å²) in [7, 11) is 0. The van der Waals surface area contributed by atoms with Crippen molar-refractivity contribution in [2.45, 2.75) is 79.4 Å². The fraction of sp³-hybridized carbons (Fsp3) is 0.444. The summed E-state index contributed by atoms with van der Waals surface area (Å²) in [5, 5.41) is 11.6. The second-order valence-corrected chi connectivity index (χ2v) is 12.2. The standard InChI is InChI=1S/C15H21F2N3O3S.C15H14.C4H9N.C2H6/c1-12-5-13(24-8-12)6-19-20(14(23)7-18-11-22)10-15(17,9-16)3-2-4-21;1-10-7-8-14-13-6-4-3-5-12(13)11(2)15(14)9-10;1-4(2)3-5;1-2/h4-5,8,11,19H,2-3,6-7,9-10H2,1H3,(H,18,22);3-9,11H,1-2H3;3-5H,1-2H3;1-2H3/t15-;;;/m0.../s1. The Morgan fingerprint density at radius 3 is 2.28 bits per heavy atom. The number of carbonyl (C=O) groups is 3. The van der Waals surface area contributed by atoms with Crippen LogP contribution in [0.5, 0.6) is 0 Å². The molecule has 3 N–H and O–H groups in total. The summed E-state index contributed by atoms with van der Waals surface area (Å²) in [4.78, 5) is 33.7. The summed E-state index contributed by atoms with van der Waals surface area (Å²) in [5.74, 6) is 0.378. The Bertz CT molecular complexity index is 1380. The Balaban J connectivity index is 0.000000405. The van der Waals surface area contributed by atoms with Gasteiger partial charge in [-0.05, 0) is 71.7 Å². The first-order valence-corrected chi connectivity index (χ1v) is 16.5. The molecule has 3 aromatic rings. The molecular formula is C36H50F2N4O3S. The topological polar surface area (TPSA) is 102 Å². The predicted molar refractivity (Wildman–Crippen MR) is 186 cm³/mol. The van der Waals surface area contributed by atoms with Gasteiger partial charge in [0, 0.05) is 23.8 Å². The van der Waals surface area contributed by atoms with E-state index in [1.165, 1.54) is 45.4 Å². The number of benzene rings is 2. The van der Waals surface area contributed by atoms with Gasteiger partial charge >= 0.3 is 0 Å². The van der Waals surface area contributed by atoms with Gasteiger partial charge in [-0.15, -0.1) is 11.3 Å². The van der Waals surface area contributed by atoms with Gasteiger partial charge in [-0.1, -0.05) is 82.6 Å². The van der Waals surface area contributed by atoms with E-state index in [0.29, 0.717) is 24.5 Å². The zero-order valence-corrected chi connectivity index (χ0v) is 29.0. The lowest BCUT2D eigenvalue weighted by atomic mass is 9.98. The van der Waals surface area contributed by atoms with Gasteiger partial charge < -0.3 is 15.5 Å². The number of aryl methyl sites for hydroxylation is 2. The SMILES string of the molecule is CC.CC(C)C=N.Cc1ccc2c(c1)C(C)c1ccccc1-2.Cc1csc(CNN(C[C@@](F)(CF)CCC=O)C(=O)CNC=O)c1. The van der Waals surface area contributed by atoms with Crippen LogP contribution in [0.25, 0.3) is 11.1 Å². The molecule has 0 saturated heterocycles. The molecule has 1 aliphatic carbocycles. The van der Waals surface area contributed by atoms with Gasteiger partial charge in [-0.2, -0.15) is 0 Å². The van der Waals surface area contributed by atoms with Crippen molar-refractivity contribution in [2.24, 2.45) is 5.92 Å². The van der Waals surface area contributed by atoms with E-state index < -0.39 is 24.8 Å². The summed E-state index contributed by atoms with van der Waals surface area (Å²) in [6, 6.07) is 17.4. The lowest BCUT2D eigenvalue weighted by Gasteiger charge is -2.30. The lowest BCUT2D eigenvalue weighted by molar-refractivity contribution is -0.137. The predicted octanol–water partition coefficient (Wildman–Crippen LogP) is 7.74. The number of nitrogens with one attached hydrogen (secondary N) is 3. The second kappa shape index (κ2) is 21.1. The van der Waals surface area contributed by atoms with E-state index in [-0.39, 0.29) is 25.9 Å². The number of carbonyl (C=O) groups excluding carboxylic acids is 3. The number of alkyl halides is 2. The molecule has 0 radical (unpaired) electrons. The van der Waals surface area contributed by atoms with Crippen LogP contribution >= 0.6 is 11.3 Å². The third-order valence-electron chi connectivity index (χ3n) is 6.98. The van der Waals surface area contributed by atoms with Gasteiger partial charge in [0.05, 0.1) is 13.1 Å². The van der Waals surface area contributed by atoms with Crippen LogP contribution < -0.4 is 10.7 Å². The Kier molecular flexibility index (Phi) is 18.5. The van der Waals surface area contributed by atoms with Crippen molar-refractivity contribution in [1.29, 1.82) is 5.41 Å². The number of nitrogens with zero attached hydrogens (tertiary/aromatic N) is 1. The number of fused-ring (bicyclic) bond motifs is 3. The van der Waals surface area contributed by atoms with Crippen molar-refractivity contribution in [2.75, 3.05) is 19.8 Å². The molecule has 2 aromatic carbocycles. The molecular weight excluding hydrogens is 606 g/mol. The van der Waals surface area contributed by atoms with Crippen LogP contribution in [-0.2, 0) is 20.9 Å². The number of amides is 2. The van der Waals surface area contributed by atoms with E-state index in [0.717, 1.165) is 15.4 Å². The summed E-state index contributed by atoms with van der Waals surface area (Å²) >= 11 is 1.47. The van der Waals surface area contributed by atoms with Crippen molar-refractivity contribution in [3.8, 4) is 11.1 Å². The normalized spacial score (nSPS) is 13.6. The van der Waals surface area contributed by atoms with Crippen LogP contribution in [0.4, 0.5) is 8.78 Å². The fourth-order valence-corrected chi connectivity index (χ4v) is 5.38. The first kappa shape index (κ1) is 40.3.